The molecule has 138 valence electrons. The number of rotatable bonds is 6. The Labute approximate surface area is 152 Å². The summed E-state index contributed by atoms with van der Waals surface area (Å²) in [5.41, 5.74) is 5.60. The second kappa shape index (κ2) is 7.01. The van der Waals surface area contributed by atoms with Crippen molar-refractivity contribution in [1.29, 1.82) is 0 Å². The van der Waals surface area contributed by atoms with Crippen LogP contribution in [0.25, 0.3) is 0 Å². The van der Waals surface area contributed by atoms with Gasteiger partial charge in [-0.15, -0.1) is 0 Å². The van der Waals surface area contributed by atoms with Crippen molar-refractivity contribution in [3.05, 3.63) is 42.9 Å². The van der Waals surface area contributed by atoms with E-state index in [4.69, 9.17) is 15.2 Å². The van der Waals surface area contributed by atoms with Crippen LogP contribution in [-0.2, 0) is 9.53 Å². The number of ether oxygens (including phenoxy) is 2. The van der Waals surface area contributed by atoms with Gasteiger partial charge in [-0.25, -0.2) is 4.98 Å². The summed E-state index contributed by atoms with van der Waals surface area (Å²) in [6.07, 6.45) is 5.11. The van der Waals surface area contributed by atoms with E-state index in [-0.39, 0.29) is 12.0 Å². The Hall–Kier alpha value is -2.51. The zero-order chi connectivity index (χ0) is 18.8. The highest BCUT2D eigenvalue weighted by Gasteiger charge is 2.62. The van der Waals surface area contributed by atoms with E-state index in [9.17, 15) is 4.79 Å². The minimum Gasteiger partial charge on any atom is -0.437 e. The fourth-order valence-electron chi connectivity index (χ4n) is 3.16. The lowest BCUT2D eigenvalue weighted by atomic mass is 9.54. The zero-order valence-electron chi connectivity index (χ0n) is 15.2. The molecule has 0 aliphatic heterocycles. The Morgan fingerprint density at radius 1 is 1.38 bits per heavy atom. The SMILES string of the molecule is CCOC1CC(N)(C(=O)Nc2cccc(Oc3cnccn3)c2)C1(C)C. The van der Waals surface area contributed by atoms with Crippen molar-refractivity contribution in [3.8, 4) is 11.6 Å². The van der Waals surface area contributed by atoms with Crippen LogP contribution in [0, 0.1) is 5.41 Å². The molecule has 0 bridgehead atoms. The van der Waals surface area contributed by atoms with Gasteiger partial charge in [-0.3, -0.25) is 9.78 Å². The highest BCUT2D eigenvalue weighted by molar-refractivity contribution is 5.99. The fraction of sp³-hybridized carbons (Fsp3) is 0.421. The summed E-state index contributed by atoms with van der Waals surface area (Å²) in [6, 6.07) is 7.08. The topological polar surface area (TPSA) is 99.4 Å². The second-order valence-electron chi connectivity index (χ2n) is 6.97. The first kappa shape index (κ1) is 18.3. The first-order valence-corrected chi connectivity index (χ1v) is 8.62. The molecule has 3 rings (SSSR count). The zero-order valence-corrected chi connectivity index (χ0v) is 15.2. The van der Waals surface area contributed by atoms with E-state index in [2.05, 4.69) is 15.3 Å². The van der Waals surface area contributed by atoms with E-state index >= 15 is 0 Å². The number of carbonyl (C=O) groups is 1. The number of hydrogen-bond donors (Lipinski definition) is 2. The lowest BCUT2D eigenvalue weighted by Gasteiger charge is -2.57. The maximum absolute atomic E-state index is 12.8. The van der Waals surface area contributed by atoms with Gasteiger partial charge in [-0.1, -0.05) is 19.9 Å². The van der Waals surface area contributed by atoms with Gasteiger partial charge in [0.05, 0.1) is 12.3 Å². The maximum atomic E-state index is 12.8. The van der Waals surface area contributed by atoms with Crippen LogP contribution in [0.2, 0.25) is 0 Å². The Bertz CT molecular complexity index is 781. The van der Waals surface area contributed by atoms with Gasteiger partial charge in [0, 0.05) is 42.6 Å². The van der Waals surface area contributed by atoms with Gasteiger partial charge in [-0.05, 0) is 19.1 Å². The number of nitrogens with two attached hydrogens (primary N) is 1. The Kier molecular flexibility index (Phi) is 4.93. The summed E-state index contributed by atoms with van der Waals surface area (Å²) in [4.78, 5) is 20.8. The molecule has 1 fully saturated rings. The summed E-state index contributed by atoms with van der Waals surface area (Å²) in [5, 5.41) is 2.89. The number of anilines is 1. The van der Waals surface area contributed by atoms with Crippen molar-refractivity contribution >= 4 is 11.6 Å². The Morgan fingerprint density at radius 3 is 2.85 bits per heavy atom. The minimum absolute atomic E-state index is 0.0189. The number of aromatic nitrogens is 2. The maximum Gasteiger partial charge on any atom is 0.245 e. The molecule has 7 nitrogen and oxygen atoms in total. The van der Waals surface area contributed by atoms with Crippen LogP contribution in [0.15, 0.2) is 42.9 Å². The van der Waals surface area contributed by atoms with Crippen molar-refractivity contribution in [3.63, 3.8) is 0 Å². The molecule has 3 N–H and O–H groups in total. The highest BCUT2D eigenvalue weighted by Crippen LogP contribution is 2.50. The molecular weight excluding hydrogens is 332 g/mol. The number of amides is 1. The predicted octanol–water partition coefficient (Wildman–Crippen LogP) is 2.74. The van der Waals surface area contributed by atoms with E-state index in [1.54, 1.807) is 36.7 Å². The standard InChI is InChI=1S/C19H24N4O3/c1-4-25-15-11-19(20,18(15,2)3)17(24)23-13-6-5-7-14(10-13)26-16-12-21-8-9-22-16/h5-10,12,15H,4,11,20H2,1-3H3,(H,23,24). The first-order chi connectivity index (χ1) is 12.4. The van der Waals surface area contributed by atoms with E-state index in [1.165, 1.54) is 6.20 Å². The van der Waals surface area contributed by atoms with Crippen LogP contribution >= 0.6 is 0 Å². The molecule has 2 aromatic rings. The number of carbonyl (C=O) groups excluding carboxylic acids is 1. The molecule has 1 aromatic heterocycles. The summed E-state index contributed by atoms with van der Waals surface area (Å²) in [7, 11) is 0. The van der Waals surface area contributed by atoms with Crippen LogP contribution in [0.3, 0.4) is 0 Å². The van der Waals surface area contributed by atoms with Gasteiger partial charge < -0.3 is 20.5 Å². The van der Waals surface area contributed by atoms with Crippen molar-refractivity contribution in [2.24, 2.45) is 11.1 Å². The van der Waals surface area contributed by atoms with Gasteiger partial charge in [0.1, 0.15) is 11.3 Å². The highest BCUT2D eigenvalue weighted by atomic mass is 16.5. The smallest absolute Gasteiger partial charge is 0.245 e. The number of nitrogens with one attached hydrogen (secondary N) is 1. The summed E-state index contributed by atoms with van der Waals surface area (Å²) >= 11 is 0. The monoisotopic (exact) mass is 356 g/mol. The number of nitrogens with zero attached hydrogens (tertiary/aromatic N) is 2. The van der Waals surface area contributed by atoms with E-state index in [1.807, 2.05) is 20.8 Å². The molecule has 1 aliphatic rings. The van der Waals surface area contributed by atoms with E-state index in [0.717, 1.165) is 0 Å². The average Bonchev–Trinajstić information content (AvgIpc) is 2.62. The first-order valence-electron chi connectivity index (χ1n) is 8.62. The second-order valence-corrected chi connectivity index (χ2v) is 6.97. The molecule has 7 heteroatoms. The molecule has 0 saturated heterocycles. The quantitative estimate of drug-likeness (QED) is 0.825. The van der Waals surface area contributed by atoms with Gasteiger partial charge in [0.15, 0.2) is 0 Å². The van der Waals surface area contributed by atoms with Gasteiger partial charge in [0.25, 0.3) is 0 Å². The molecule has 26 heavy (non-hydrogen) atoms. The lowest BCUT2D eigenvalue weighted by molar-refractivity contribution is -0.166. The molecule has 1 aliphatic carbocycles. The molecule has 0 radical (unpaired) electrons. The Morgan fingerprint density at radius 2 is 2.19 bits per heavy atom. The van der Waals surface area contributed by atoms with Crippen molar-refractivity contribution < 1.29 is 14.3 Å². The molecule has 1 aromatic carbocycles. The molecule has 1 heterocycles. The van der Waals surface area contributed by atoms with Crippen molar-refractivity contribution in [1.82, 2.24) is 9.97 Å². The molecule has 0 spiro atoms. The van der Waals surface area contributed by atoms with Crippen LogP contribution < -0.4 is 15.8 Å². The van der Waals surface area contributed by atoms with Gasteiger partial charge in [0.2, 0.25) is 11.8 Å². The van der Waals surface area contributed by atoms with Crippen molar-refractivity contribution in [2.45, 2.75) is 38.8 Å². The third-order valence-electron chi connectivity index (χ3n) is 5.09. The number of benzene rings is 1. The largest absolute Gasteiger partial charge is 0.437 e. The van der Waals surface area contributed by atoms with E-state index in [0.29, 0.717) is 30.3 Å². The average molecular weight is 356 g/mol. The van der Waals surface area contributed by atoms with Gasteiger partial charge >= 0.3 is 0 Å². The van der Waals surface area contributed by atoms with Crippen LogP contribution in [0.1, 0.15) is 27.2 Å². The van der Waals surface area contributed by atoms with Crippen LogP contribution in [0.4, 0.5) is 5.69 Å². The molecule has 1 amide bonds. The van der Waals surface area contributed by atoms with Crippen LogP contribution in [-0.4, -0.2) is 34.1 Å². The van der Waals surface area contributed by atoms with E-state index < -0.39 is 11.0 Å². The molecule has 2 atom stereocenters. The normalized spacial score (nSPS) is 23.8. The molecule has 1 saturated carbocycles. The summed E-state index contributed by atoms with van der Waals surface area (Å²) in [6.45, 7) is 6.47. The van der Waals surface area contributed by atoms with Crippen LogP contribution in [0.5, 0.6) is 11.6 Å². The summed E-state index contributed by atoms with van der Waals surface area (Å²) in [5.74, 6) is 0.704. The van der Waals surface area contributed by atoms with Crippen molar-refractivity contribution in [2.75, 3.05) is 11.9 Å². The molecule has 2 unspecified atom stereocenters. The molecular formula is C19H24N4O3. The third kappa shape index (κ3) is 3.27. The fourth-order valence-corrected chi connectivity index (χ4v) is 3.16. The van der Waals surface area contributed by atoms with Gasteiger partial charge in [-0.2, -0.15) is 0 Å². The minimum atomic E-state index is -0.978. The third-order valence-corrected chi connectivity index (χ3v) is 5.09. The lowest BCUT2D eigenvalue weighted by Crippen LogP contribution is -2.74. The number of hydrogen-bond acceptors (Lipinski definition) is 6. The summed E-state index contributed by atoms with van der Waals surface area (Å²) < 4.78 is 11.3. The Balaban J connectivity index is 1.69. The predicted molar refractivity (Wildman–Crippen MR) is 97.9 cm³/mol.